The first-order valence-corrected chi connectivity index (χ1v) is 7.08. The molecule has 0 radical (unpaired) electrons. The third-order valence-corrected chi connectivity index (χ3v) is 3.71. The number of hydrogen-bond donors (Lipinski definition) is 0. The normalized spacial score (nSPS) is 17.4. The van der Waals surface area contributed by atoms with Crippen molar-refractivity contribution in [1.29, 1.82) is 0 Å². The number of cyclic esters (lactones) is 1. The third-order valence-electron chi connectivity index (χ3n) is 3.71. The summed E-state index contributed by atoms with van der Waals surface area (Å²) in [4.78, 5) is 13.6. The molecular weight excluding hydrogens is 281 g/mol. The highest BCUT2D eigenvalue weighted by Gasteiger charge is 2.33. The fourth-order valence-electron chi connectivity index (χ4n) is 2.47. The van der Waals surface area contributed by atoms with E-state index in [4.69, 9.17) is 4.74 Å². The summed E-state index contributed by atoms with van der Waals surface area (Å²) in [6.07, 6.45) is -0.751. The lowest BCUT2D eigenvalue weighted by Crippen LogP contribution is -2.24. The molecule has 0 aliphatic carbocycles. The summed E-state index contributed by atoms with van der Waals surface area (Å²) in [6.45, 7) is 4.94. The number of ether oxygens (including phenoxy) is 1. The van der Waals surface area contributed by atoms with Crippen LogP contribution in [0.15, 0.2) is 61.2 Å². The third kappa shape index (κ3) is 3.01. The molecule has 2 aromatic carbocycles. The summed E-state index contributed by atoms with van der Waals surface area (Å²) in [5, 5.41) is 0. The summed E-state index contributed by atoms with van der Waals surface area (Å²) in [7, 11) is 0. The van der Waals surface area contributed by atoms with Gasteiger partial charge in [-0.3, -0.25) is 4.90 Å². The van der Waals surface area contributed by atoms with E-state index in [9.17, 15) is 9.18 Å². The van der Waals surface area contributed by atoms with Gasteiger partial charge in [0.2, 0.25) is 0 Å². The van der Waals surface area contributed by atoms with Crippen LogP contribution in [0.25, 0.3) is 5.57 Å². The van der Waals surface area contributed by atoms with E-state index in [0.717, 1.165) is 11.1 Å². The van der Waals surface area contributed by atoms with Gasteiger partial charge in [-0.2, -0.15) is 0 Å². The maximum atomic E-state index is 13.0. The molecule has 112 valence electrons. The number of halogens is 1. The van der Waals surface area contributed by atoms with Gasteiger partial charge < -0.3 is 4.74 Å². The van der Waals surface area contributed by atoms with Crippen LogP contribution in [-0.2, 0) is 11.3 Å². The predicted molar refractivity (Wildman–Crippen MR) is 82.6 cm³/mol. The lowest BCUT2D eigenvalue weighted by atomic mass is 10.0. The Hall–Kier alpha value is -2.62. The molecule has 1 aliphatic rings. The molecule has 22 heavy (non-hydrogen) atoms. The van der Waals surface area contributed by atoms with Crippen LogP contribution >= 0.6 is 0 Å². The SMILES string of the molecule is C=C(c1ccc(F)cc1)C1CN(Cc2ccccc2)C(=O)O1. The zero-order valence-corrected chi connectivity index (χ0v) is 12.0. The van der Waals surface area contributed by atoms with Crippen molar-refractivity contribution in [1.82, 2.24) is 4.90 Å². The number of carbonyl (C=O) groups is 1. The maximum Gasteiger partial charge on any atom is 0.410 e. The lowest BCUT2D eigenvalue weighted by Gasteiger charge is -2.14. The van der Waals surface area contributed by atoms with Crippen molar-refractivity contribution in [3.63, 3.8) is 0 Å². The minimum absolute atomic E-state index is 0.300. The molecule has 0 aromatic heterocycles. The first-order chi connectivity index (χ1) is 10.6. The second-order valence-electron chi connectivity index (χ2n) is 5.27. The zero-order valence-electron chi connectivity index (χ0n) is 12.0. The van der Waals surface area contributed by atoms with Crippen LogP contribution < -0.4 is 0 Å². The quantitative estimate of drug-likeness (QED) is 0.857. The number of rotatable bonds is 4. The van der Waals surface area contributed by atoms with Gasteiger partial charge in [0.15, 0.2) is 0 Å². The number of nitrogens with zero attached hydrogens (tertiary/aromatic N) is 1. The standard InChI is InChI=1S/C18H16FNO2/c1-13(15-7-9-16(19)10-8-15)17-12-20(18(21)22-17)11-14-5-3-2-4-6-14/h2-10,17H,1,11-12H2. The summed E-state index contributed by atoms with van der Waals surface area (Å²) in [6, 6.07) is 15.8. The van der Waals surface area contributed by atoms with Crippen LogP contribution in [0.1, 0.15) is 11.1 Å². The highest BCUT2D eigenvalue weighted by molar-refractivity contribution is 5.76. The second-order valence-corrected chi connectivity index (χ2v) is 5.27. The van der Waals surface area contributed by atoms with Crippen molar-refractivity contribution in [3.05, 3.63) is 78.1 Å². The molecule has 0 spiro atoms. The number of amides is 1. The molecule has 1 saturated heterocycles. The van der Waals surface area contributed by atoms with Crippen molar-refractivity contribution in [2.24, 2.45) is 0 Å². The molecule has 0 bridgehead atoms. The maximum absolute atomic E-state index is 13.0. The Kier molecular flexibility index (Phi) is 3.92. The van der Waals surface area contributed by atoms with Crippen LogP contribution in [0.3, 0.4) is 0 Å². The van der Waals surface area contributed by atoms with Gasteiger partial charge in [-0.05, 0) is 28.8 Å². The Morgan fingerprint density at radius 1 is 1.18 bits per heavy atom. The Bertz CT molecular complexity index is 682. The first kappa shape index (κ1) is 14.3. The van der Waals surface area contributed by atoms with Gasteiger partial charge in [0, 0.05) is 6.54 Å². The van der Waals surface area contributed by atoms with Gasteiger partial charge in [0.25, 0.3) is 0 Å². The van der Waals surface area contributed by atoms with Gasteiger partial charge in [0.1, 0.15) is 11.9 Å². The van der Waals surface area contributed by atoms with E-state index in [1.165, 1.54) is 12.1 Å². The lowest BCUT2D eigenvalue weighted by molar-refractivity contribution is 0.146. The molecule has 1 atom stereocenters. The highest BCUT2D eigenvalue weighted by Crippen LogP contribution is 2.26. The molecule has 1 heterocycles. The topological polar surface area (TPSA) is 29.5 Å². The molecule has 0 N–H and O–H groups in total. The molecule has 1 amide bonds. The molecular formula is C18H16FNO2. The molecule has 2 aromatic rings. The second kappa shape index (κ2) is 6.02. The monoisotopic (exact) mass is 297 g/mol. The molecule has 3 rings (SSSR count). The van der Waals surface area contributed by atoms with E-state index in [1.54, 1.807) is 17.0 Å². The molecule has 0 saturated carbocycles. The van der Waals surface area contributed by atoms with Crippen molar-refractivity contribution < 1.29 is 13.9 Å². The Morgan fingerprint density at radius 2 is 1.86 bits per heavy atom. The molecule has 4 heteroatoms. The fraction of sp³-hybridized carbons (Fsp3) is 0.167. The van der Waals surface area contributed by atoms with Gasteiger partial charge in [0.05, 0.1) is 6.54 Å². The van der Waals surface area contributed by atoms with Gasteiger partial charge in [-0.1, -0.05) is 49.0 Å². The number of benzene rings is 2. The number of hydrogen-bond acceptors (Lipinski definition) is 2. The number of carbonyl (C=O) groups excluding carboxylic acids is 1. The van der Waals surface area contributed by atoms with E-state index < -0.39 is 6.10 Å². The summed E-state index contributed by atoms with van der Waals surface area (Å²) < 4.78 is 18.4. The van der Waals surface area contributed by atoms with Crippen LogP contribution in [0.2, 0.25) is 0 Å². The van der Waals surface area contributed by atoms with E-state index in [2.05, 4.69) is 6.58 Å². The van der Waals surface area contributed by atoms with Crippen molar-refractivity contribution in [3.8, 4) is 0 Å². The van der Waals surface area contributed by atoms with Gasteiger partial charge in [-0.15, -0.1) is 0 Å². The Morgan fingerprint density at radius 3 is 2.55 bits per heavy atom. The Labute approximate surface area is 128 Å². The van der Waals surface area contributed by atoms with Gasteiger partial charge in [-0.25, -0.2) is 9.18 Å². The summed E-state index contributed by atoms with van der Waals surface area (Å²) in [5.41, 5.74) is 2.51. The zero-order chi connectivity index (χ0) is 15.5. The fourth-order valence-corrected chi connectivity index (χ4v) is 2.47. The van der Waals surface area contributed by atoms with Crippen LogP contribution in [0.5, 0.6) is 0 Å². The Balaban J connectivity index is 1.69. The van der Waals surface area contributed by atoms with E-state index in [0.29, 0.717) is 18.7 Å². The first-order valence-electron chi connectivity index (χ1n) is 7.08. The summed E-state index contributed by atoms with van der Waals surface area (Å²) in [5.74, 6) is -0.300. The van der Waals surface area contributed by atoms with Crippen LogP contribution in [0.4, 0.5) is 9.18 Å². The van der Waals surface area contributed by atoms with E-state index in [1.807, 2.05) is 30.3 Å². The average molecular weight is 297 g/mol. The summed E-state index contributed by atoms with van der Waals surface area (Å²) >= 11 is 0. The van der Waals surface area contributed by atoms with Crippen LogP contribution in [-0.4, -0.2) is 23.6 Å². The highest BCUT2D eigenvalue weighted by atomic mass is 19.1. The van der Waals surface area contributed by atoms with Crippen molar-refractivity contribution >= 4 is 11.7 Å². The minimum atomic E-state index is -0.401. The molecule has 1 fully saturated rings. The average Bonchev–Trinajstić information content (AvgIpc) is 2.89. The molecule has 1 unspecified atom stereocenters. The molecule has 3 nitrogen and oxygen atoms in total. The van der Waals surface area contributed by atoms with E-state index in [-0.39, 0.29) is 11.9 Å². The van der Waals surface area contributed by atoms with Crippen molar-refractivity contribution in [2.45, 2.75) is 12.6 Å². The smallest absolute Gasteiger partial charge is 0.410 e. The van der Waals surface area contributed by atoms with Crippen molar-refractivity contribution in [2.75, 3.05) is 6.54 Å². The van der Waals surface area contributed by atoms with E-state index >= 15 is 0 Å². The van der Waals surface area contributed by atoms with Crippen LogP contribution in [0, 0.1) is 5.82 Å². The van der Waals surface area contributed by atoms with Gasteiger partial charge >= 0.3 is 6.09 Å². The minimum Gasteiger partial charge on any atom is -0.439 e. The molecule has 1 aliphatic heterocycles. The predicted octanol–water partition coefficient (Wildman–Crippen LogP) is 3.86. The largest absolute Gasteiger partial charge is 0.439 e.